The van der Waals surface area contributed by atoms with Gasteiger partial charge in [-0.25, -0.2) is 0 Å². The quantitative estimate of drug-likeness (QED) is 0.515. The van der Waals surface area contributed by atoms with Crippen LogP contribution in [0, 0.1) is 6.92 Å². The minimum atomic E-state index is -2.98. The fraction of sp³-hybridized carbons (Fsp3) is 0.429. The van der Waals surface area contributed by atoms with Crippen molar-refractivity contribution in [1.82, 2.24) is 0 Å². The number of benzene rings is 2. The van der Waals surface area contributed by atoms with Crippen LogP contribution < -0.4 is 18.9 Å². The van der Waals surface area contributed by atoms with Crippen LogP contribution in [0.4, 0.5) is 0 Å². The summed E-state index contributed by atoms with van der Waals surface area (Å²) in [4.78, 5) is 0. The predicted molar refractivity (Wildman–Crippen MR) is 107 cm³/mol. The van der Waals surface area contributed by atoms with Gasteiger partial charge in [0.05, 0.1) is 0 Å². The van der Waals surface area contributed by atoms with Gasteiger partial charge in [-0.1, -0.05) is 59.2 Å². The lowest BCUT2D eigenvalue weighted by atomic mass is 9.79. The number of fused-ring (bicyclic) bond motifs is 1. The number of aromatic hydroxyl groups is 2. The molecule has 144 valence electrons. The van der Waals surface area contributed by atoms with Crippen molar-refractivity contribution in [3.8, 4) is 28.7 Å². The molecule has 0 aromatic heterocycles. The average molecular weight is 389 g/mol. The van der Waals surface area contributed by atoms with E-state index >= 15 is 0 Å². The summed E-state index contributed by atoms with van der Waals surface area (Å²) in [6.45, 7) is 15.0. The summed E-state index contributed by atoms with van der Waals surface area (Å²) in [6, 6.07) is 5.71. The Morgan fingerprint density at radius 3 is 1.81 bits per heavy atom. The molecule has 4 rings (SSSR count). The fourth-order valence-electron chi connectivity index (χ4n) is 3.61. The lowest BCUT2D eigenvalue weighted by Gasteiger charge is -2.30. The molecule has 27 heavy (non-hydrogen) atoms. The maximum Gasteiger partial charge on any atom is 0.581 e. The third-order valence-corrected chi connectivity index (χ3v) is 7.25. The minimum absolute atomic E-state index is 0.161. The summed E-state index contributed by atoms with van der Waals surface area (Å²) in [5.41, 5.74) is 3.06. The van der Waals surface area contributed by atoms with Gasteiger partial charge in [-0.3, -0.25) is 13.6 Å². The fourth-order valence-corrected chi connectivity index (χ4v) is 6.61. The van der Waals surface area contributed by atoms with Crippen molar-refractivity contribution in [1.29, 1.82) is 0 Å². The highest BCUT2D eigenvalue weighted by Crippen LogP contribution is 2.78. The number of rotatable bonds is 1. The molecular formula is C21H26O5P+. The van der Waals surface area contributed by atoms with E-state index in [1.165, 1.54) is 11.6 Å². The molecule has 0 aliphatic carbocycles. The van der Waals surface area contributed by atoms with Gasteiger partial charge in [-0.2, -0.15) is 0 Å². The third-order valence-electron chi connectivity index (χ3n) is 4.94. The van der Waals surface area contributed by atoms with E-state index < -0.39 is 7.94 Å². The Labute approximate surface area is 160 Å². The second kappa shape index (κ2) is 5.23. The van der Waals surface area contributed by atoms with Crippen molar-refractivity contribution in [3.05, 3.63) is 34.9 Å². The Bertz CT molecular complexity index is 929. The van der Waals surface area contributed by atoms with E-state index in [0.29, 0.717) is 11.5 Å². The lowest BCUT2D eigenvalue weighted by Crippen LogP contribution is -2.36. The van der Waals surface area contributed by atoms with E-state index in [0.717, 1.165) is 16.4 Å². The van der Waals surface area contributed by atoms with Crippen LogP contribution >= 0.6 is 7.94 Å². The Morgan fingerprint density at radius 1 is 0.778 bits per heavy atom. The molecule has 0 amide bonds. The molecule has 6 heteroatoms. The molecule has 1 unspecified atom stereocenters. The van der Waals surface area contributed by atoms with Crippen LogP contribution in [0.5, 0.6) is 28.7 Å². The Morgan fingerprint density at radius 2 is 1.30 bits per heavy atom. The van der Waals surface area contributed by atoms with Crippen LogP contribution in [0.1, 0.15) is 58.2 Å². The Hall–Kier alpha value is -2.13. The molecule has 2 heterocycles. The number of hydrogen-bond acceptors (Lipinski definition) is 5. The largest absolute Gasteiger partial charge is 0.581 e. The molecule has 2 N–H and O–H groups in total. The molecule has 0 fully saturated rings. The van der Waals surface area contributed by atoms with Gasteiger partial charge in [0.1, 0.15) is 0 Å². The van der Waals surface area contributed by atoms with Crippen LogP contribution in [-0.2, 0) is 10.8 Å². The zero-order valence-electron chi connectivity index (χ0n) is 16.8. The van der Waals surface area contributed by atoms with Crippen LogP contribution in [0.15, 0.2) is 18.2 Å². The molecule has 5 nitrogen and oxygen atoms in total. The first-order chi connectivity index (χ1) is 12.3. The van der Waals surface area contributed by atoms with Crippen molar-refractivity contribution in [3.63, 3.8) is 0 Å². The standard InChI is InChI=1S/C21H25O5P/c1-11-8-12(20(2,3)4)19(13(9-11)21(5,6)7)27-24-15-10-14(22)16(23)18(26-27)17(15)25-27/h8-10H,1-7H3,(H-,22,23)/p+1. The van der Waals surface area contributed by atoms with Gasteiger partial charge in [0.25, 0.3) is 11.5 Å². The van der Waals surface area contributed by atoms with Crippen LogP contribution in [0.25, 0.3) is 0 Å². The summed E-state index contributed by atoms with van der Waals surface area (Å²) in [6.07, 6.45) is 0. The van der Waals surface area contributed by atoms with E-state index in [1.54, 1.807) is 0 Å². The normalized spacial score (nSPS) is 20.3. The first-order valence-corrected chi connectivity index (χ1v) is 10.6. The molecule has 2 aromatic rings. The second-order valence-corrected chi connectivity index (χ2v) is 11.4. The number of phenols is 2. The summed E-state index contributed by atoms with van der Waals surface area (Å²) in [5.74, 6) is 0.382. The van der Waals surface area contributed by atoms with E-state index in [1.807, 2.05) is 0 Å². The monoisotopic (exact) mass is 389 g/mol. The van der Waals surface area contributed by atoms with E-state index in [2.05, 4.69) is 60.6 Å². The zero-order chi connectivity index (χ0) is 19.9. The van der Waals surface area contributed by atoms with Crippen molar-refractivity contribution in [2.75, 3.05) is 0 Å². The SMILES string of the molecule is Cc1cc(C(C)(C)C)c([P+]23Oc4cc(O)c(O)c(c4O2)O3)c(C(C)(C)C)c1. The first kappa shape index (κ1) is 18.2. The molecular weight excluding hydrogens is 363 g/mol. The highest BCUT2D eigenvalue weighted by atomic mass is 31.2. The van der Waals surface area contributed by atoms with Gasteiger partial charge < -0.3 is 10.2 Å². The second-order valence-electron chi connectivity index (χ2n) is 9.38. The molecule has 2 aliphatic heterocycles. The summed E-state index contributed by atoms with van der Waals surface area (Å²) in [7, 11) is -2.98. The summed E-state index contributed by atoms with van der Waals surface area (Å²) < 4.78 is 18.6. The van der Waals surface area contributed by atoms with Gasteiger partial charge in [0.2, 0.25) is 16.8 Å². The maximum atomic E-state index is 10.2. The van der Waals surface area contributed by atoms with Crippen molar-refractivity contribution in [2.45, 2.75) is 59.3 Å². The summed E-state index contributed by atoms with van der Waals surface area (Å²) >= 11 is 0. The van der Waals surface area contributed by atoms with Gasteiger partial charge in [0, 0.05) is 17.2 Å². The molecule has 2 aliphatic rings. The molecule has 1 atom stereocenters. The van der Waals surface area contributed by atoms with Crippen LogP contribution in [0.2, 0.25) is 0 Å². The number of aryl methyl sites for hydroxylation is 1. The van der Waals surface area contributed by atoms with Gasteiger partial charge in [-0.15, -0.1) is 0 Å². The Kier molecular flexibility index (Phi) is 3.53. The Balaban J connectivity index is 2.01. The van der Waals surface area contributed by atoms with Gasteiger partial charge >= 0.3 is 7.94 Å². The smallest absolute Gasteiger partial charge is 0.504 e. The van der Waals surface area contributed by atoms with Gasteiger partial charge in [-0.05, 0) is 17.8 Å². The van der Waals surface area contributed by atoms with Crippen molar-refractivity contribution < 1.29 is 23.8 Å². The lowest BCUT2D eigenvalue weighted by molar-refractivity contribution is 0.371. The highest BCUT2D eigenvalue weighted by molar-refractivity contribution is 7.71. The first-order valence-electron chi connectivity index (χ1n) is 9.06. The van der Waals surface area contributed by atoms with Gasteiger partial charge in [0.15, 0.2) is 5.75 Å². The predicted octanol–water partition coefficient (Wildman–Crippen LogP) is 5.25. The minimum Gasteiger partial charge on any atom is -0.504 e. The molecule has 2 bridgehead atoms. The van der Waals surface area contributed by atoms with Crippen LogP contribution in [-0.4, -0.2) is 10.2 Å². The number of phenolic OH excluding ortho intramolecular Hbond substituents is 2. The summed E-state index contributed by atoms with van der Waals surface area (Å²) in [5, 5.41) is 21.1. The molecule has 0 saturated carbocycles. The topological polar surface area (TPSA) is 68.2 Å². The molecule has 0 spiro atoms. The third kappa shape index (κ3) is 2.55. The average Bonchev–Trinajstić information content (AvgIpc) is 3.07. The van der Waals surface area contributed by atoms with Crippen LogP contribution in [0.3, 0.4) is 0 Å². The highest BCUT2D eigenvalue weighted by Gasteiger charge is 2.69. The van der Waals surface area contributed by atoms with E-state index in [-0.39, 0.29) is 28.1 Å². The van der Waals surface area contributed by atoms with Crippen molar-refractivity contribution in [2.24, 2.45) is 0 Å². The maximum absolute atomic E-state index is 10.2. The molecule has 2 aromatic carbocycles. The van der Waals surface area contributed by atoms with E-state index in [4.69, 9.17) is 13.6 Å². The zero-order valence-corrected chi connectivity index (χ0v) is 17.7. The molecule has 0 saturated heterocycles. The molecule has 0 radical (unpaired) electrons. The van der Waals surface area contributed by atoms with E-state index in [9.17, 15) is 10.2 Å². The van der Waals surface area contributed by atoms with Crippen molar-refractivity contribution >= 4 is 13.2 Å². The number of hydrogen-bond donors (Lipinski definition) is 2.